The number of fused-ring (bicyclic) bond motifs is 4. The van der Waals surface area contributed by atoms with Gasteiger partial charge in [-0.05, 0) is 30.9 Å². The summed E-state index contributed by atoms with van der Waals surface area (Å²) in [6.07, 6.45) is 0.375. The Morgan fingerprint density at radius 2 is 1.56 bits per heavy atom. The maximum atomic E-state index is 15.1. The number of nitrogens with two attached hydrogens (primary N) is 1. The second-order valence-corrected chi connectivity index (χ2v) is 12.2. The van der Waals surface area contributed by atoms with E-state index in [2.05, 4.69) is 0 Å². The second-order valence-electron chi connectivity index (χ2n) is 10.9. The number of carbonyl (C=O) groups is 5. The molecule has 2 saturated heterocycles. The fourth-order valence-corrected chi connectivity index (χ4v) is 8.02. The van der Waals surface area contributed by atoms with E-state index in [0.29, 0.717) is 0 Å². The third-order valence-electron chi connectivity index (χ3n) is 8.99. The number of phenols is 1. The largest absolute Gasteiger partial charge is 0.508 e. The Morgan fingerprint density at radius 1 is 0.956 bits per heavy atom. The van der Waals surface area contributed by atoms with Crippen LogP contribution in [0.3, 0.4) is 0 Å². The number of ether oxygens (including phenoxy) is 1. The number of hydrogen-bond acceptors (Lipinski definition) is 7. The molecule has 6 amide bonds. The summed E-state index contributed by atoms with van der Waals surface area (Å²) in [6, 6.07) is 2.42. The summed E-state index contributed by atoms with van der Waals surface area (Å²) in [7, 11) is 1.17. The number of nitrogens with zero attached hydrogens (tertiary/aromatic N) is 2. The van der Waals surface area contributed by atoms with Crippen LogP contribution in [0.4, 0.5) is 32.4 Å². The lowest BCUT2D eigenvalue weighted by atomic mass is 9.56. The number of hydrogen-bond donors (Lipinski definition) is 2. The van der Waals surface area contributed by atoms with Crippen molar-refractivity contribution in [2.24, 2.45) is 23.5 Å². The topological polar surface area (TPSA) is 147 Å². The maximum absolute atomic E-state index is 15.1. The van der Waals surface area contributed by atoms with Gasteiger partial charge in [0.05, 0.1) is 18.9 Å². The van der Waals surface area contributed by atoms with E-state index >= 15 is 8.78 Å². The van der Waals surface area contributed by atoms with Crippen LogP contribution >= 0.6 is 23.2 Å². The molecule has 10 nitrogen and oxygen atoms in total. The number of imide groups is 4. The molecule has 3 N–H and O–H groups in total. The molecule has 0 radical (unpaired) electrons. The molecule has 4 aliphatic rings. The van der Waals surface area contributed by atoms with Crippen molar-refractivity contribution in [1.82, 2.24) is 4.90 Å². The van der Waals surface area contributed by atoms with Gasteiger partial charge in [-0.25, -0.2) is 31.6 Å². The van der Waals surface area contributed by atoms with E-state index in [4.69, 9.17) is 33.7 Å². The lowest BCUT2D eigenvalue weighted by Crippen LogP contribution is -2.60. The Kier molecular flexibility index (Phi) is 6.76. The predicted molar refractivity (Wildman–Crippen MR) is 143 cm³/mol. The van der Waals surface area contributed by atoms with E-state index in [1.54, 1.807) is 0 Å². The molecule has 2 heterocycles. The first-order valence-electron chi connectivity index (χ1n) is 13.1. The van der Waals surface area contributed by atoms with Gasteiger partial charge >= 0.3 is 6.03 Å². The van der Waals surface area contributed by atoms with Crippen molar-refractivity contribution in [3.8, 4) is 11.5 Å². The molecule has 45 heavy (non-hydrogen) atoms. The molecule has 6 atom stereocenters. The van der Waals surface area contributed by atoms with Crippen LogP contribution in [-0.4, -0.2) is 56.5 Å². The van der Waals surface area contributed by atoms with E-state index < -0.39 is 110 Å². The molecule has 3 fully saturated rings. The van der Waals surface area contributed by atoms with Gasteiger partial charge in [-0.15, -0.1) is 23.2 Å². The summed E-state index contributed by atoms with van der Waals surface area (Å²) in [5.74, 6) is -24.4. The number of primary amides is 1. The second kappa shape index (κ2) is 9.88. The first-order chi connectivity index (χ1) is 21.1. The maximum Gasteiger partial charge on any atom is 0.328 e. The van der Waals surface area contributed by atoms with Gasteiger partial charge in [0.2, 0.25) is 17.6 Å². The van der Waals surface area contributed by atoms with Crippen LogP contribution in [-0.2, 0) is 19.2 Å². The van der Waals surface area contributed by atoms with E-state index in [0.717, 1.165) is 6.07 Å². The molecule has 0 spiro atoms. The summed E-state index contributed by atoms with van der Waals surface area (Å²) in [5, 5.41) is 11.0. The van der Waals surface area contributed by atoms with Crippen LogP contribution in [0.25, 0.3) is 0 Å². The van der Waals surface area contributed by atoms with Gasteiger partial charge < -0.3 is 15.6 Å². The van der Waals surface area contributed by atoms with Gasteiger partial charge in [0.1, 0.15) is 17.2 Å². The van der Waals surface area contributed by atoms with E-state index in [1.807, 2.05) is 0 Å². The van der Waals surface area contributed by atoms with Crippen molar-refractivity contribution in [3.63, 3.8) is 0 Å². The number of aromatic hydroxyl groups is 1. The third-order valence-corrected chi connectivity index (χ3v) is 10.4. The molecule has 17 heteroatoms. The third kappa shape index (κ3) is 3.64. The Bertz CT molecular complexity index is 1800. The van der Waals surface area contributed by atoms with E-state index in [-0.39, 0.29) is 33.1 Å². The number of anilines is 1. The molecule has 2 aliphatic heterocycles. The Labute approximate surface area is 259 Å². The van der Waals surface area contributed by atoms with Crippen molar-refractivity contribution in [3.05, 3.63) is 64.5 Å². The average Bonchev–Trinajstić information content (AvgIpc) is 3.34. The quantitative estimate of drug-likeness (QED) is 0.126. The number of carbonyl (C=O) groups excluding carboxylic acids is 5. The summed E-state index contributed by atoms with van der Waals surface area (Å²) >= 11 is 13.9. The molecule has 2 aromatic carbocycles. The number of likely N-dealkylation sites (tertiary alicyclic amines) is 1. The summed E-state index contributed by atoms with van der Waals surface area (Å²) < 4.78 is 78.0. The van der Waals surface area contributed by atoms with Crippen LogP contribution in [0.5, 0.6) is 11.5 Å². The Morgan fingerprint density at radius 3 is 2.13 bits per heavy atom. The van der Waals surface area contributed by atoms with E-state index in [9.17, 15) is 42.3 Å². The van der Waals surface area contributed by atoms with Crippen LogP contribution in [0.15, 0.2) is 29.8 Å². The van der Waals surface area contributed by atoms with Crippen molar-refractivity contribution >= 4 is 58.5 Å². The van der Waals surface area contributed by atoms with Crippen molar-refractivity contribution < 1.29 is 55.8 Å². The highest BCUT2D eigenvalue weighted by molar-refractivity contribution is 6.58. The number of rotatable bonds is 3. The number of benzene rings is 2. The minimum Gasteiger partial charge on any atom is -0.508 e. The van der Waals surface area contributed by atoms with Gasteiger partial charge in [-0.3, -0.25) is 19.2 Å². The number of phenolic OH excluding ortho intramolecular Hbond substituents is 1. The summed E-state index contributed by atoms with van der Waals surface area (Å²) in [6.45, 7) is 0. The van der Waals surface area contributed by atoms with Crippen molar-refractivity contribution in [2.45, 2.75) is 28.5 Å². The lowest BCUT2D eigenvalue weighted by Gasteiger charge is -2.50. The molecule has 0 bridgehead atoms. The molecule has 0 aromatic heterocycles. The SMILES string of the molecule is COc1cccc(O)c1[C@H]1C2=CC[C@@H]3C(=O)N(C(N)=O)C(=O)[C@@H]3[C@@H]2C[C@@]2(Cl)C(=O)N(c3c(F)c(F)c(F)c(F)c3F)C(=O)[C@@]12Cl. The normalized spacial score (nSPS) is 30.7. The minimum atomic E-state index is -2.86. The fourth-order valence-electron chi connectivity index (χ4n) is 7.10. The fraction of sp³-hybridized carbons (Fsp3) is 0.321. The molecule has 236 valence electrons. The molecule has 1 saturated carbocycles. The van der Waals surface area contributed by atoms with Crippen LogP contribution < -0.4 is 15.4 Å². The molecule has 0 unspecified atom stereocenters. The zero-order valence-electron chi connectivity index (χ0n) is 22.5. The highest BCUT2D eigenvalue weighted by Gasteiger charge is 2.77. The first-order valence-corrected chi connectivity index (χ1v) is 13.8. The molecule has 6 rings (SSSR count). The van der Waals surface area contributed by atoms with Gasteiger partial charge in [0, 0.05) is 11.5 Å². The number of methoxy groups -OCH3 is 1. The summed E-state index contributed by atoms with van der Waals surface area (Å²) in [5.41, 5.74) is 3.09. The monoisotopic (exact) mass is 673 g/mol. The standard InChI is InChI=1S/C28H18Cl2F5N3O7/c1-45-12-4-2-3-11(39)14(12)15-8-5-6-9-13(23(41)38(22(9)40)26(36)44)10(8)7-27(29)24(42)37(25(43)28(15,27)30)21-19(34)17(32)16(31)18(33)20(21)35/h2-5,9-10,13,15,39H,6-7H2,1H3,(H2,36,44)/t9-,10+,13-,15+,27+,28-/m0/s1. The highest BCUT2D eigenvalue weighted by atomic mass is 35.5. The summed E-state index contributed by atoms with van der Waals surface area (Å²) in [4.78, 5) is 60.9. The molecule has 2 aliphatic carbocycles. The number of allylic oxidation sites excluding steroid dienone is 2. The van der Waals surface area contributed by atoms with Crippen LogP contribution in [0, 0.1) is 46.8 Å². The number of alkyl halides is 2. The predicted octanol–water partition coefficient (Wildman–Crippen LogP) is 3.74. The Balaban J connectivity index is 1.64. The molecular formula is C28H18Cl2F5N3O7. The zero-order chi connectivity index (χ0) is 33.1. The average molecular weight is 674 g/mol. The van der Waals surface area contributed by atoms with Crippen molar-refractivity contribution in [1.29, 1.82) is 0 Å². The van der Waals surface area contributed by atoms with E-state index in [1.165, 1.54) is 25.3 Å². The first kappa shape index (κ1) is 30.8. The van der Waals surface area contributed by atoms with Gasteiger partial charge in [-0.2, -0.15) is 4.90 Å². The number of amides is 6. The van der Waals surface area contributed by atoms with Gasteiger partial charge in [0.25, 0.3) is 11.8 Å². The number of urea groups is 1. The lowest BCUT2D eigenvalue weighted by molar-refractivity contribution is -0.136. The minimum absolute atomic E-state index is 0.0511. The smallest absolute Gasteiger partial charge is 0.328 e. The van der Waals surface area contributed by atoms with Gasteiger partial charge in [0.15, 0.2) is 33.0 Å². The molecular weight excluding hydrogens is 656 g/mol. The van der Waals surface area contributed by atoms with Crippen LogP contribution in [0.2, 0.25) is 0 Å². The van der Waals surface area contributed by atoms with Gasteiger partial charge in [-0.1, -0.05) is 17.7 Å². The number of halogens is 7. The van der Waals surface area contributed by atoms with Crippen LogP contribution in [0.1, 0.15) is 24.3 Å². The Hall–Kier alpha value is -4.24. The van der Waals surface area contributed by atoms with Crippen molar-refractivity contribution in [2.75, 3.05) is 12.0 Å². The highest BCUT2D eigenvalue weighted by Crippen LogP contribution is 2.67. The molecule has 2 aromatic rings. The zero-order valence-corrected chi connectivity index (χ0v) is 24.1.